The van der Waals surface area contributed by atoms with Crippen molar-refractivity contribution < 1.29 is 9.13 Å². The molecule has 0 aliphatic carbocycles. The Hall–Kier alpha value is -1.87. The van der Waals surface area contributed by atoms with E-state index in [1.165, 1.54) is 17.7 Å². The first-order chi connectivity index (χ1) is 9.63. The van der Waals surface area contributed by atoms with E-state index in [9.17, 15) is 4.39 Å². The molecule has 0 spiro atoms. The van der Waals surface area contributed by atoms with Crippen molar-refractivity contribution in [1.82, 2.24) is 5.32 Å². The highest BCUT2D eigenvalue weighted by Gasteiger charge is 2.00. The van der Waals surface area contributed by atoms with E-state index in [0.29, 0.717) is 17.4 Å². The van der Waals surface area contributed by atoms with E-state index < -0.39 is 0 Å². The van der Waals surface area contributed by atoms with E-state index in [1.807, 2.05) is 24.3 Å². The molecule has 0 aromatic heterocycles. The third kappa shape index (κ3) is 4.67. The number of hydrogen-bond acceptors (Lipinski definition) is 2. The SMILES string of the molecule is CC(C)CNCc1ccc(Oc2cccc(F)c2)cc1. The summed E-state index contributed by atoms with van der Waals surface area (Å²) in [6.45, 7) is 6.21. The Morgan fingerprint density at radius 2 is 1.80 bits per heavy atom. The van der Waals surface area contributed by atoms with Crippen LogP contribution < -0.4 is 10.1 Å². The van der Waals surface area contributed by atoms with Crippen molar-refractivity contribution in [2.45, 2.75) is 20.4 Å². The summed E-state index contributed by atoms with van der Waals surface area (Å²) < 4.78 is 18.6. The van der Waals surface area contributed by atoms with Crippen molar-refractivity contribution in [2.24, 2.45) is 5.92 Å². The zero-order chi connectivity index (χ0) is 14.4. The molecule has 0 bridgehead atoms. The maximum atomic E-state index is 13.1. The lowest BCUT2D eigenvalue weighted by Crippen LogP contribution is -2.18. The summed E-state index contributed by atoms with van der Waals surface area (Å²) in [5.41, 5.74) is 1.21. The van der Waals surface area contributed by atoms with Crippen molar-refractivity contribution in [3.63, 3.8) is 0 Å². The van der Waals surface area contributed by atoms with Gasteiger partial charge in [-0.3, -0.25) is 0 Å². The minimum absolute atomic E-state index is 0.294. The lowest BCUT2D eigenvalue weighted by Gasteiger charge is -2.09. The third-order valence-electron chi connectivity index (χ3n) is 2.84. The Labute approximate surface area is 119 Å². The van der Waals surface area contributed by atoms with Crippen LogP contribution in [0.3, 0.4) is 0 Å². The zero-order valence-electron chi connectivity index (χ0n) is 11.9. The summed E-state index contributed by atoms with van der Waals surface area (Å²) in [5, 5.41) is 3.39. The predicted octanol–water partition coefficient (Wildman–Crippen LogP) is 4.36. The fraction of sp³-hybridized carbons (Fsp3) is 0.294. The Morgan fingerprint density at radius 3 is 2.45 bits per heavy atom. The molecule has 0 unspecified atom stereocenters. The molecule has 1 N–H and O–H groups in total. The van der Waals surface area contributed by atoms with Gasteiger partial charge in [0.05, 0.1) is 0 Å². The van der Waals surface area contributed by atoms with Gasteiger partial charge in [0.25, 0.3) is 0 Å². The number of hydrogen-bond donors (Lipinski definition) is 1. The van der Waals surface area contributed by atoms with Gasteiger partial charge in [-0.05, 0) is 42.3 Å². The van der Waals surface area contributed by atoms with Crippen molar-refractivity contribution in [1.29, 1.82) is 0 Å². The highest BCUT2D eigenvalue weighted by atomic mass is 19.1. The van der Waals surface area contributed by atoms with Crippen LogP contribution >= 0.6 is 0 Å². The van der Waals surface area contributed by atoms with E-state index in [0.717, 1.165) is 13.1 Å². The molecule has 20 heavy (non-hydrogen) atoms. The maximum Gasteiger partial charge on any atom is 0.130 e. The summed E-state index contributed by atoms with van der Waals surface area (Å²) in [6, 6.07) is 14.0. The van der Waals surface area contributed by atoms with Crippen molar-refractivity contribution in [2.75, 3.05) is 6.54 Å². The molecule has 2 rings (SSSR count). The van der Waals surface area contributed by atoms with E-state index in [1.54, 1.807) is 12.1 Å². The second-order valence-electron chi connectivity index (χ2n) is 5.23. The quantitative estimate of drug-likeness (QED) is 0.844. The second kappa shape index (κ2) is 7.06. The molecule has 106 valence electrons. The summed E-state index contributed by atoms with van der Waals surface area (Å²) in [5.74, 6) is 1.57. The van der Waals surface area contributed by atoms with Crippen LogP contribution in [-0.4, -0.2) is 6.54 Å². The van der Waals surface area contributed by atoms with Gasteiger partial charge in [0.15, 0.2) is 0 Å². The first-order valence-electron chi connectivity index (χ1n) is 6.86. The van der Waals surface area contributed by atoms with Crippen LogP contribution in [0.15, 0.2) is 48.5 Å². The van der Waals surface area contributed by atoms with Crippen LogP contribution in [0.2, 0.25) is 0 Å². The number of nitrogens with one attached hydrogen (secondary N) is 1. The number of ether oxygens (including phenoxy) is 1. The highest BCUT2D eigenvalue weighted by molar-refractivity contribution is 5.33. The predicted molar refractivity (Wildman–Crippen MR) is 79.5 cm³/mol. The smallest absolute Gasteiger partial charge is 0.130 e. The Balaban J connectivity index is 1.91. The average Bonchev–Trinajstić information content (AvgIpc) is 2.40. The molecule has 0 atom stereocenters. The fourth-order valence-electron chi connectivity index (χ4n) is 1.85. The minimum Gasteiger partial charge on any atom is -0.457 e. The van der Waals surface area contributed by atoms with Gasteiger partial charge in [-0.2, -0.15) is 0 Å². The monoisotopic (exact) mass is 273 g/mol. The van der Waals surface area contributed by atoms with E-state index in [2.05, 4.69) is 19.2 Å². The molecule has 0 heterocycles. The van der Waals surface area contributed by atoms with Crippen LogP contribution in [0.25, 0.3) is 0 Å². The Kier molecular flexibility index (Phi) is 5.13. The molecule has 0 saturated carbocycles. The molecule has 0 amide bonds. The third-order valence-corrected chi connectivity index (χ3v) is 2.84. The molecule has 0 aliphatic rings. The van der Waals surface area contributed by atoms with Gasteiger partial charge >= 0.3 is 0 Å². The van der Waals surface area contributed by atoms with E-state index >= 15 is 0 Å². The highest BCUT2D eigenvalue weighted by Crippen LogP contribution is 2.22. The van der Waals surface area contributed by atoms with Gasteiger partial charge in [-0.25, -0.2) is 4.39 Å². The van der Waals surface area contributed by atoms with Crippen molar-refractivity contribution >= 4 is 0 Å². The first-order valence-corrected chi connectivity index (χ1v) is 6.86. The van der Waals surface area contributed by atoms with Gasteiger partial charge in [-0.15, -0.1) is 0 Å². The largest absolute Gasteiger partial charge is 0.457 e. The topological polar surface area (TPSA) is 21.3 Å². The molecule has 0 aliphatic heterocycles. The number of rotatable bonds is 6. The van der Waals surface area contributed by atoms with Crippen LogP contribution in [0.4, 0.5) is 4.39 Å². The summed E-state index contributed by atoms with van der Waals surface area (Å²) in [7, 11) is 0. The van der Waals surface area contributed by atoms with Crippen LogP contribution in [-0.2, 0) is 6.54 Å². The zero-order valence-corrected chi connectivity index (χ0v) is 11.9. The lowest BCUT2D eigenvalue weighted by atomic mass is 10.2. The van der Waals surface area contributed by atoms with Gasteiger partial charge < -0.3 is 10.1 Å². The molecule has 0 saturated heterocycles. The van der Waals surface area contributed by atoms with Crippen LogP contribution in [0.1, 0.15) is 19.4 Å². The van der Waals surface area contributed by atoms with Gasteiger partial charge in [0.2, 0.25) is 0 Å². The summed E-state index contributed by atoms with van der Waals surface area (Å²) in [4.78, 5) is 0. The molecule has 0 fully saturated rings. The van der Waals surface area contributed by atoms with Crippen molar-refractivity contribution in [3.8, 4) is 11.5 Å². The average molecular weight is 273 g/mol. The Bertz CT molecular complexity index is 537. The fourth-order valence-corrected chi connectivity index (χ4v) is 1.85. The lowest BCUT2D eigenvalue weighted by molar-refractivity contribution is 0.476. The number of benzene rings is 2. The molecule has 0 radical (unpaired) electrons. The van der Waals surface area contributed by atoms with Crippen LogP contribution in [0, 0.1) is 11.7 Å². The normalized spacial score (nSPS) is 10.8. The molecule has 2 aromatic carbocycles. The van der Waals surface area contributed by atoms with Gasteiger partial charge in [0, 0.05) is 12.6 Å². The van der Waals surface area contributed by atoms with Gasteiger partial charge in [-0.1, -0.05) is 32.0 Å². The van der Waals surface area contributed by atoms with Gasteiger partial charge in [0.1, 0.15) is 17.3 Å². The summed E-state index contributed by atoms with van der Waals surface area (Å²) >= 11 is 0. The van der Waals surface area contributed by atoms with Crippen LogP contribution in [0.5, 0.6) is 11.5 Å². The standard InChI is InChI=1S/C17H20FNO/c1-13(2)11-19-12-14-6-8-16(9-7-14)20-17-5-3-4-15(18)10-17/h3-10,13,19H,11-12H2,1-2H3. The maximum absolute atomic E-state index is 13.1. The second-order valence-corrected chi connectivity index (χ2v) is 5.23. The first kappa shape index (κ1) is 14.5. The molecule has 2 nitrogen and oxygen atoms in total. The molecular weight excluding hydrogens is 253 g/mol. The molecule has 2 aromatic rings. The minimum atomic E-state index is -0.294. The summed E-state index contributed by atoms with van der Waals surface area (Å²) in [6.07, 6.45) is 0. The number of halogens is 1. The Morgan fingerprint density at radius 1 is 1.05 bits per heavy atom. The van der Waals surface area contributed by atoms with Crippen molar-refractivity contribution in [3.05, 3.63) is 59.9 Å². The van der Waals surface area contributed by atoms with E-state index in [4.69, 9.17) is 4.74 Å². The molecule has 3 heteroatoms. The molecular formula is C17H20FNO. The van der Waals surface area contributed by atoms with E-state index in [-0.39, 0.29) is 5.82 Å².